The molecule has 1 saturated heterocycles. The summed E-state index contributed by atoms with van der Waals surface area (Å²) >= 11 is 0. The van der Waals surface area contributed by atoms with Gasteiger partial charge in [0.1, 0.15) is 35.8 Å². The molecule has 0 unspecified atom stereocenters. The Balaban J connectivity index is 1.94. The summed E-state index contributed by atoms with van der Waals surface area (Å²) < 4.78 is 11.4. The van der Waals surface area contributed by atoms with Gasteiger partial charge >= 0.3 is 0 Å². The van der Waals surface area contributed by atoms with Gasteiger partial charge < -0.3 is 40.1 Å². The van der Waals surface area contributed by atoms with E-state index < -0.39 is 49.0 Å². The van der Waals surface area contributed by atoms with Crippen LogP contribution in [0.4, 0.5) is 0 Å². The molecule has 6 N–H and O–H groups in total. The Morgan fingerprint density at radius 3 is 2.41 bits per heavy atom. The first kappa shape index (κ1) is 22.4. The minimum Gasteiger partial charge on any atom is -0.508 e. The molecule has 1 aromatic carbocycles. The van der Waals surface area contributed by atoms with E-state index in [-0.39, 0.29) is 17.6 Å². The average molecular weight is 412 g/mol. The number of aliphatic hydroxyl groups excluding tert-OH is 4. The topological polar surface area (TPSA) is 140 Å². The van der Waals surface area contributed by atoms with Crippen molar-refractivity contribution in [1.82, 2.24) is 0 Å². The van der Waals surface area contributed by atoms with Crippen molar-refractivity contribution in [1.29, 1.82) is 0 Å². The van der Waals surface area contributed by atoms with Crippen LogP contribution in [0.2, 0.25) is 0 Å². The number of rotatable bonds is 4. The second-order valence-electron chi connectivity index (χ2n) is 8.78. The summed E-state index contributed by atoms with van der Waals surface area (Å²) in [6.45, 7) is 6.93. The van der Waals surface area contributed by atoms with Crippen LogP contribution in [0.25, 0.3) is 0 Å². The number of fused-ring (bicyclic) bond motifs is 1. The number of phenols is 1. The number of hydrogen-bond acceptors (Lipinski definition) is 8. The summed E-state index contributed by atoms with van der Waals surface area (Å²) in [5, 5.41) is 61.2. The Kier molecular flexibility index (Phi) is 6.27. The molecule has 0 amide bonds. The Morgan fingerprint density at radius 2 is 1.83 bits per heavy atom. The molecule has 1 aliphatic carbocycles. The van der Waals surface area contributed by atoms with Crippen LogP contribution >= 0.6 is 0 Å². The maximum absolute atomic E-state index is 11.3. The second kappa shape index (κ2) is 8.11. The molecule has 1 fully saturated rings. The summed E-state index contributed by atoms with van der Waals surface area (Å²) in [5.41, 5.74) is 0.706. The molecule has 3 rings (SSSR count). The van der Waals surface area contributed by atoms with Crippen LogP contribution in [-0.4, -0.2) is 74.1 Å². The molecule has 0 bridgehead atoms. The van der Waals surface area contributed by atoms with Crippen molar-refractivity contribution in [3.8, 4) is 5.75 Å². The van der Waals surface area contributed by atoms with Crippen molar-refractivity contribution in [2.75, 3.05) is 6.61 Å². The first-order valence-electron chi connectivity index (χ1n) is 10.0. The predicted octanol–water partition coefficient (Wildman–Crippen LogP) is 0.237. The summed E-state index contributed by atoms with van der Waals surface area (Å²) in [6.07, 6.45) is -7.40. The normalized spacial score (nSPS) is 40.1. The molecule has 1 aliphatic heterocycles. The lowest BCUT2D eigenvalue weighted by atomic mass is 9.69. The molecule has 8 heteroatoms. The molecule has 0 saturated carbocycles. The Bertz CT molecular complexity index is 732. The van der Waals surface area contributed by atoms with Gasteiger partial charge in [-0.05, 0) is 54.9 Å². The molecule has 8 nitrogen and oxygen atoms in total. The number of aryl methyl sites for hydroxylation is 1. The van der Waals surface area contributed by atoms with Crippen molar-refractivity contribution in [2.45, 2.75) is 82.4 Å². The Morgan fingerprint density at radius 1 is 1.17 bits per heavy atom. The van der Waals surface area contributed by atoms with Crippen LogP contribution in [-0.2, 0) is 15.1 Å². The van der Waals surface area contributed by atoms with Crippen LogP contribution in [0.5, 0.6) is 5.75 Å². The highest BCUT2D eigenvalue weighted by atomic mass is 16.7. The maximum atomic E-state index is 11.3. The molecule has 1 aromatic rings. The first-order chi connectivity index (χ1) is 13.5. The van der Waals surface area contributed by atoms with E-state index in [1.54, 1.807) is 19.9 Å². The minimum absolute atomic E-state index is 0.0272. The molecule has 1 heterocycles. The molecular formula is C21H32O8. The lowest BCUT2D eigenvalue weighted by molar-refractivity contribution is -0.325. The summed E-state index contributed by atoms with van der Waals surface area (Å²) in [6, 6.07) is 3.43. The first-order valence-corrected chi connectivity index (χ1v) is 10.0. The number of aromatic hydroxyl groups is 1. The fourth-order valence-corrected chi connectivity index (χ4v) is 4.39. The van der Waals surface area contributed by atoms with Gasteiger partial charge in [0.2, 0.25) is 0 Å². The van der Waals surface area contributed by atoms with Gasteiger partial charge in [0.15, 0.2) is 6.29 Å². The third-order valence-corrected chi connectivity index (χ3v) is 6.36. The van der Waals surface area contributed by atoms with Crippen molar-refractivity contribution in [3.05, 3.63) is 28.8 Å². The molecule has 0 radical (unpaired) electrons. The molecule has 2 aliphatic rings. The third-order valence-electron chi connectivity index (χ3n) is 6.36. The Hall–Kier alpha value is -1.26. The van der Waals surface area contributed by atoms with Crippen LogP contribution in [0.1, 0.15) is 49.8 Å². The minimum atomic E-state index is -1.56. The zero-order valence-corrected chi connectivity index (χ0v) is 17.2. The summed E-state index contributed by atoms with van der Waals surface area (Å²) in [7, 11) is 0. The smallest absolute Gasteiger partial charge is 0.187 e. The van der Waals surface area contributed by atoms with Crippen LogP contribution in [0.3, 0.4) is 0 Å². The highest BCUT2D eigenvalue weighted by Gasteiger charge is 2.50. The third kappa shape index (κ3) is 3.90. The highest BCUT2D eigenvalue weighted by molar-refractivity contribution is 5.47. The SMILES string of the molecule is Cc1cc2c(cc1O)[C@](C)(O)[C@@H](O[C@@H]1O[C@H](CO)[C@@H](O)[C@H](O)[C@H]1O)C[C@H]2C(C)C. The largest absolute Gasteiger partial charge is 0.508 e. The number of hydrogen-bond donors (Lipinski definition) is 6. The molecular weight excluding hydrogens is 380 g/mol. The fraction of sp³-hybridized carbons (Fsp3) is 0.714. The Labute approximate surface area is 170 Å². The molecule has 0 spiro atoms. The number of benzene rings is 1. The van der Waals surface area contributed by atoms with Gasteiger partial charge in [0, 0.05) is 0 Å². The maximum Gasteiger partial charge on any atom is 0.187 e. The lowest BCUT2D eigenvalue weighted by Gasteiger charge is -2.47. The van der Waals surface area contributed by atoms with Gasteiger partial charge in [-0.2, -0.15) is 0 Å². The van der Waals surface area contributed by atoms with Crippen LogP contribution in [0, 0.1) is 12.8 Å². The predicted molar refractivity (Wildman–Crippen MR) is 103 cm³/mol. The van der Waals surface area contributed by atoms with Gasteiger partial charge in [-0.25, -0.2) is 0 Å². The molecule has 8 atom stereocenters. The van der Waals surface area contributed by atoms with Crippen molar-refractivity contribution in [3.63, 3.8) is 0 Å². The van der Waals surface area contributed by atoms with Crippen molar-refractivity contribution >= 4 is 0 Å². The van der Waals surface area contributed by atoms with Gasteiger partial charge in [-0.3, -0.25) is 0 Å². The van der Waals surface area contributed by atoms with Crippen molar-refractivity contribution in [2.24, 2.45) is 5.92 Å². The van der Waals surface area contributed by atoms with E-state index in [1.807, 2.05) is 6.07 Å². The van der Waals surface area contributed by atoms with Crippen LogP contribution in [0.15, 0.2) is 12.1 Å². The second-order valence-corrected chi connectivity index (χ2v) is 8.78. The van der Waals surface area contributed by atoms with Gasteiger partial charge in [-0.1, -0.05) is 19.9 Å². The quantitative estimate of drug-likeness (QED) is 0.413. The van der Waals surface area contributed by atoms with E-state index in [0.717, 1.165) is 11.1 Å². The van der Waals surface area contributed by atoms with Gasteiger partial charge in [-0.15, -0.1) is 0 Å². The van der Waals surface area contributed by atoms with Crippen LogP contribution < -0.4 is 0 Å². The number of phenolic OH excluding ortho intramolecular Hbond substituents is 1. The van der Waals surface area contributed by atoms with E-state index in [2.05, 4.69) is 13.8 Å². The summed E-state index contributed by atoms with van der Waals surface area (Å²) in [4.78, 5) is 0. The van der Waals surface area contributed by atoms with Gasteiger partial charge in [0.25, 0.3) is 0 Å². The number of ether oxygens (including phenoxy) is 2. The number of aliphatic hydroxyl groups is 5. The van der Waals surface area contributed by atoms with Crippen molar-refractivity contribution < 1.29 is 40.1 Å². The molecule has 29 heavy (non-hydrogen) atoms. The average Bonchev–Trinajstić information content (AvgIpc) is 2.65. The van der Waals surface area contributed by atoms with Gasteiger partial charge in [0.05, 0.1) is 12.7 Å². The van der Waals surface area contributed by atoms with E-state index in [1.165, 1.54) is 0 Å². The monoisotopic (exact) mass is 412 g/mol. The summed E-state index contributed by atoms with van der Waals surface area (Å²) in [5.74, 6) is 0.314. The zero-order chi connectivity index (χ0) is 21.7. The lowest BCUT2D eigenvalue weighted by Crippen LogP contribution is -2.61. The molecule has 0 aromatic heterocycles. The van der Waals surface area contributed by atoms with E-state index in [9.17, 15) is 30.6 Å². The van der Waals surface area contributed by atoms with E-state index >= 15 is 0 Å². The fourth-order valence-electron chi connectivity index (χ4n) is 4.39. The van der Waals surface area contributed by atoms with E-state index in [4.69, 9.17) is 9.47 Å². The molecule has 164 valence electrons. The zero-order valence-electron chi connectivity index (χ0n) is 17.2. The van der Waals surface area contributed by atoms with E-state index in [0.29, 0.717) is 12.0 Å². The highest BCUT2D eigenvalue weighted by Crippen LogP contribution is 2.48. The standard InChI is InChI=1S/C21H32O8/c1-9(2)11-6-16(21(4,27)13-7-14(23)10(3)5-12(11)13)29-20-19(26)18(25)17(24)15(8-22)28-20/h5,7,9,11,15-20,22-27H,6,8H2,1-4H3/t11-,15+,16-,17+,18-,19+,20-,21-/m0/s1.